The average molecular weight is 267 g/mol. The van der Waals surface area contributed by atoms with E-state index in [0.29, 0.717) is 13.0 Å². The SMILES string of the molecule is CCCC(CCO)CN1C(=O)C2CCCCC2C1=O. The maximum absolute atomic E-state index is 12.3. The number of hydrogen-bond donors (Lipinski definition) is 1. The number of aliphatic hydroxyl groups excluding tert-OH is 1. The Morgan fingerprint density at radius 2 is 1.74 bits per heavy atom. The van der Waals surface area contributed by atoms with Crippen LogP contribution in [-0.2, 0) is 9.59 Å². The first-order valence-electron chi connectivity index (χ1n) is 7.65. The molecule has 0 radical (unpaired) electrons. The van der Waals surface area contributed by atoms with Crippen molar-refractivity contribution in [2.45, 2.75) is 51.9 Å². The highest BCUT2D eigenvalue weighted by Gasteiger charge is 2.48. The number of amides is 2. The third-order valence-electron chi connectivity index (χ3n) is 4.61. The molecule has 4 heteroatoms. The minimum atomic E-state index is -0.0438. The van der Waals surface area contributed by atoms with E-state index in [9.17, 15) is 9.59 Å². The molecule has 19 heavy (non-hydrogen) atoms. The number of imide groups is 1. The summed E-state index contributed by atoms with van der Waals surface area (Å²) in [6.07, 6.45) is 6.57. The van der Waals surface area contributed by atoms with Crippen LogP contribution in [0.4, 0.5) is 0 Å². The maximum atomic E-state index is 12.3. The molecule has 3 atom stereocenters. The molecule has 2 rings (SSSR count). The van der Waals surface area contributed by atoms with Gasteiger partial charge < -0.3 is 5.11 Å². The van der Waals surface area contributed by atoms with Crippen molar-refractivity contribution in [2.24, 2.45) is 17.8 Å². The number of hydrogen-bond acceptors (Lipinski definition) is 3. The van der Waals surface area contributed by atoms with Gasteiger partial charge in [0.1, 0.15) is 0 Å². The molecule has 2 aliphatic rings. The van der Waals surface area contributed by atoms with E-state index in [4.69, 9.17) is 5.11 Å². The molecule has 108 valence electrons. The molecule has 1 saturated heterocycles. The summed E-state index contributed by atoms with van der Waals surface area (Å²) in [6.45, 7) is 2.74. The maximum Gasteiger partial charge on any atom is 0.233 e. The van der Waals surface area contributed by atoms with Crippen molar-refractivity contribution in [1.82, 2.24) is 4.90 Å². The molecule has 3 unspecified atom stereocenters. The van der Waals surface area contributed by atoms with Crippen LogP contribution in [0, 0.1) is 17.8 Å². The molecule has 1 aliphatic carbocycles. The van der Waals surface area contributed by atoms with Crippen molar-refractivity contribution < 1.29 is 14.7 Å². The lowest BCUT2D eigenvalue weighted by Gasteiger charge is -2.22. The number of rotatable bonds is 6. The van der Waals surface area contributed by atoms with Gasteiger partial charge in [0.2, 0.25) is 11.8 Å². The Bertz CT molecular complexity index is 312. The summed E-state index contributed by atoms with van der Waals surface area (Å²) < 4.78 is 0. The van der Waals surface area contributed by atoms with Gasteiger partial charge in [-0.3, -0.25) is 14.5 Å². The molecule has 2 fully saturated rings. The van der Waals surface area contributed by atoms with E-state index >= 15 is 0 Å². The smallest absolute Gasteiger partial charge is 0.233 e. The fraction of sp³-hybridized carbons (Fsp3) is 0.867. The summed E-state index contributed by atoms with van der Waals surface area (Å²) in [6, 6.07) is 0. The Balaban J connectivity index is 2.02. The van der Waals surface area contributed by atoms with Crippen LogP contribution in [0.2, 0.25) is 0 Å². The van der Waals surface area contributed by atoms with Crippen molar-refractivity contribution in [1.29, 1.82) is 0 Å². The summed E-state index contributed by atoms with van der Waals surface area (Å²) >= 11 is 0. The normalized spacial score (nSPS) is 28.6. The lowest BCUT2D eigenvalue weighted by Crippen LogP contribution is -2.36. The van der Waals surface area contributed by atoms with Gasteiger partial charge in [0.05, 0.1) is 11.8 Å². The van der Waals surface area contributed by atoms with Crippen molar-refractivity contribution in [3.8, 4) is 0 Å². The third-order valence-corrected chi connectivity index (χ3v) is 4.61. The van der Waals surface area contributed by atoms with Crippen LogP contribution in [0.5, 0.6) is 0 Å². The monoisotopic (exact) mass is 267 g/mol. The molecule has 0 bridgehead atoms. The Morgan fingerprint density at radius 1 is 1.16 bits per heavy atom. The van der Waals surface area contributed by atoms with Crippen LogP contribution >= 0.6 is 0 Å². The van der Waals surface area contributed by atoms with E-state index in [1.807, 2.05) is 0 Å². The van der Waals surface area contributed by atoms with Gasteiger partial charge in [-0.15, -0.1) is 0 Å². The fourth-order valence-electron chi connectivity index (χ4n) is 3.59. The third kappa shape index (κ3) is 2.99. The molecule has 4 nitrogen and oxygen atoms in total. The first-order valence-corrected chi connectivity index (χ1v) is 7.65. The second kappa shape index (κ2) is 6.51. The minimum absolute atomic E-state index is 0.0438. The van der Waals surface area contributed by atoms with Gasteiger partial charge in [0.15, 0.2) is 0 Å². The van der Waals surface area contributed by atoms with Crippen molar-refractivity contribution >= 4 is 11.8 Å². The molecular weight excluding hydrogens is 242 g/mol. The zero-order chi connectivity index (χ0) is 13.8. The van der Waals surface area contributed by atoms with Crippen molar-refractivity contribution in [3.05, 3.63) is 0 Å². The predicted molar refractivity (Wildman–Crippen MR) is 72.3 cm³/mol. The number of fused-ring (bicyclic) bond motifs is 1. The fourth-order valence-corrected chi connectivity index (χ4v) is 3.59. The summed E-state index contributed by atoms with van der Waals surface area (Å²) in [4.78, 5) is 26.2. The Morgan fingerprint density at radius 3 is 2.21 bits per heavy atom. The molecule has 1 heterocycles. The Hall–Kier alpha value is -0.900. The summed E-state index contributed by atoms with van der Waals surface area (Å²) in [5.74, 6) is 0.265. The highest BCUT2D eigenvalue weighted by Crippen LogP contribution is 2.38. The number of carbonyl (C=O) groups is 2. The van der Waals surface area contributed by atoms with E-state index in [0.717, 1.165) is 38.5 Å². The van der Waals surface area contributed by atoms with Crippen LogP contribution < -0.4 is 0 Å². The number of aliphatic hydroxyl groups is 1. The van der Waals surface area contributed by atoms with E-state index < -0.39 is 0 Å². The highest BCUT2D eigenvalue weighted by atomic mass is 16.3. The topological polar surface area (TPSA) is 57.6 Å². The molecule has 2 amide bonds. The first kappa shape index (κ1) is 14.5. The number of carbonyl (C=O) groups excluding carboxylic acids is 2. The van der Waals surface area contributed by atoms with Gasteiger partial charge in [-0.25, -0.2) is 0 Å². The lowest BCUT2D eigenvalue weighted by atomic mass is 9.81. The van der Waals surface area contributed by atoms with Gasteiger partial charge in [-0.05, 0) is 31.6 Å². The van der Waals surface area contributed by atoms with Gasteiger partial charge in [0, 0.05) is 13.2 Å². The predicted octanol–water partition coefficient (Wildman–Crippen LogP) is 1.96. The van der Waals surface area contributed by atoms with Crippen LogP contribution in [0.15, 0.2) is 0 Å². The van der Waals surface area contributed by atoms with Crippen LogP contribution in [0.25, 0.3) is 0 Å². The second-order valence-electron chi connectivity index (χ2n) is 5.95. The second-order valence-corrected chi connectivity index (χ2v) is 5.95. The first-order chi connectivity index (χ1) is 9.19. The van der Waals surface area contributed by atoms with E-state index in [1.165, 1.54) is 4.90 Å². The Labute approximate surface area is 115 Å². The van der Waals surface area contributed by atoms with E-state index in [2.05, 4.69) is 6.92 Å². The van der Waals surface area contributed by atoms with E-state index in [1.54, 1.807) is 0 Å². The minimum Gasteiger partial charge on any atom is -0.396 e. The number of nitrogens with zero attached hydrogens (tertiary/aromatic N) is 1. The zero-order valence-corrected chi connectivity index (χ0v) is 11.8. The van der Waals surface area contributed by atoms with Crippen LogP contribution in [0.3, 0.4) is 0 Å². The molecule has 0 aromatic rings. The molecule has 0 spiro atoms. The molecule has 1 aliphatic heterocycles. The van der Waals surface area contributed by atoms with Crippen molar-refractivity contribution in [2.75, 3.05) is 13.2 Å². The Kier molecular flexibility index (Phi) is 4.97. The van der Waals surface area contributed by atoms with Gasteiger partial charge in [0.25, 0.3) is 0 Å². The van der Waals surface area contributed by atoms with Crippen LogP contribution in [0.1, 0.15) is 51.9 Å². The number of likely N-dealkylation sites (tertiary alicyclic amines) is 1. The molecule has 1 saturated carbocycles. The summed E-state index contributed by atoms with van der Waals surface area (Å²) in [7, 11) is 0. The summed E-state index contributed by atoms with van der Waals surface area (Å²) in [5, 5.41) is 9.09. The van der Waals surface area contributed by atoms with Crippen LogP contribution in [-0.4, -0.2) is 35.0 Å². The quantitative estimate of drug-likeness (QED) is 0.748. The molecule has 0 aromatic carbocycles. The molecule has 1 N–H and O–H groups in total. The van der Waals surface area contributed by atoms with E-state index in [-0.39, 0.29) is 36.2 Å². The highest BCUT2D eigenvalue weighted by molar-refractivity contribution is 6.05. The zero-order valence-electron chi connectivity index (χ0n) is 11.8. The van der Waals surface area contributed by atoms with Gasteiger partial charge in [-0.2, -0.15) is 0 Å². The molecular formula is C15H25NO3. The largest absolute Gasteiger partial charge is 0.396 e. The average Bonchev–Trinajstić information content (AvgIpc) is 2.65. The summed E-state index contributed by atoms with van der Waals surface area (Å²) in [5.41, 5.74) is 0. The molecule has 0 aromatic heterocycles. The lowest BCUT2D eigenvalue weighted by molar-refractivity contribution is -0.140. The van der Waals surface area contributed by atoms with Gasteiger partial charge in [-0.1, -0.05) is 26.2 Å². The van der Waals surface area contributed by atoms with Gasteiger partial charge >= 0.3 is 0 Å². The van der Waals surface area contributed by atoms with Crippen molar-refractivity contribution in [3.63, 3.8) is 0 Å². The standard InChI is InChI=1S/C15H25NO3/c1-2-5-11(8-9-17)10-16-14(18)12-6-3-4-7-13(12)15(16)19/h11-13,17H,2-10H2,1H3.